The molecule has 0 bridgehead atoms. The average molecular weight is 383 g/mol. The Hall–Kier alpha value is -2.70. The molecular formula is C20H17NO3S2. The van der Waals surface area contributed by atoms with E-state index in [-0.39, 0.29) is 4.90 Å². The predicted octanol–water partition coefficient (Wildman–Crippen LogP) is 4.10. The van der Waals surface area contributed by atoms with Crippen LogP contribution in [0.25, 0.3) is 11.6 Å². The molecule has 132 valence electrons. The van der Waals surface area contributed by atoms with E-state index in [0.29, 0.717) is 10.5 Å². The minimum atomic E-state index is -3.94. The van der Waals surface area contributed by atoms with Crippen molar-refractivity contribution in [2.45, 2.75) is 11.8 Å². The van der Waals surface area contributed by atoms with Crippen LogP contribution < -0.4 is 4.72 Å². The average Bonchev–Trinajstić information content (AvgIpc) is 3.15. The van der Waals surface area contributed by atoms with Crippen LogP contribution in [0.3, 0.4) is 0 Å². The quantitative estimate of drug-likeness (QED) is 0.675. The van der Waals surface area contributed by atoms with Crippen LogP contribution in [0.2, 0.25) is 0 Å². The van der Waals surface area contributed by atoms with E-state index in [1.165, 1.54) is 23.5 Å². The van der Waals surface area contributed by atoms with Gasteiger partial charge in [0.1, 0.15) is 0 Å². The van der Waals surface area contributed by atoms with E-state index in [2.05, 4.69) is 4.72 Å². The zero-order chi connectivity index (χ0) is 18.6. The standard InChI is InChI=1S/C20H17NO3S2/c1-15-9-11-17(12-10-15)26(23,24)21-20(22)18(19-8-5-13-25-19)14-16-6-3-2-4-7-16/h2-14H,1H3,(H,21,22)/b18-14+. The van der Waals surface area contributed by atoms with Crippen molar-refractivity contribution in [1.82, 2.24) is 4.72 Å². The maximum atomic E-state index is 12.7. The SMILES string of the molecule is Cc1ccc(S(=O)(=O)NC(=O)/C(=C/c2ccccc2)c2cccs2)cc1. The molecule has 3 aromatic rings. The van der Waals surface area contributed by atoms with Crippen LogP contribution in [-0.2, 0) is 14.8 Å². The first kappa shape index (κ1) is 18.1. The molecule has 0 saturated carbocycles. The van der Waals surface area contributed by atoms with E-state index >= 15 is 0 Å². The molecular weight excluding hydrogens is 366 g/mol. The van der Waals surface area contributed by atoms with Gasteiger partial charge in [-0.25, -0.2) is 13.1 Å². The van der Waals surface area contributed by atoms with E-state index in [1.54, 1.807) is 24.3 Å². The third kappa shape index (κ3) is 4.28. The molecule has 0 unspecified atom stereocenters. The van der Waals surface area contributed by atoms with Gasteiger partial charge in [0, 0.05) is 4.88 Å². The van der Waals surface area contributed by atoms with Crippen LogP contribution in [0.15, 0.2) is 77.0 Å². The summed E-state index contributed by atoms with van der Waals surface area (Å²) < 4.78 is 27.2. The minimum absolute atomic E-state index is 0.0571. The molecule has 0 atom stereocenters. The second-order valence-electron chi connectivity index (χ2n) is 5.69. The molecule has 0 fully saturated rings. The fraction of sp³-hybridized carbons (Fsp3) is 0.0500. The summed E-state index contributed by atoms with van der Waals surface area (Å²) in [6, 6.07) is 19.3. The van der Waals surface area contributed by atoms with E-state index in [1.807, 2.05) is 48.7 Å². The summed E-state index contributed by atoms with van der Waals surface area (Å²) in [6.07, 6.45) is 1.69. The molecule has 0 spiro atoms. The highest BCUT2D eigenvalue weighted by atomic mass is 32.2. The van der Waals surface area contributed by atoms with Crippen molar-refractivity contribution in [2.75, 3.05) is 0 Å². The molecule has 0 saturated heterocycles. The van der Waals surface area contributed by atoms with Crippen LogP contribution in [0.1, 0.15) is 16.0 Å². The zero-order valence-electron chi connectivity index (χ0n) is 14.0. The van der Waals surface area contributed by atoms with Crippen molar-refractivity contribution in [1.29, 1.82) is 0 Å². The lowest BCUT2D eigenvalue weighted by atomic mass is 10.1. The second-order valence-corrected chi connectivity index (χ2v) is 8.32. The Balaban J connectivity index is 1.94. The number of thiophene rings is 1. The molecule has 1 N–H and O–H groups in total. The topological polar surface area (TPSA) is 63.2 Å². The van der Waals surface area contributed by atoms with Gasteiger partial charge >= 0.3 is 0 Å². The lowest BCUT2D eigenvalue weighted by Gasteiger charge is -2.09. The van der Waals surface area contributed by atoms with Gasteiger partial charge in [-0.1, -0.05) is 54.1 Å². The van der Waals surface area contributed by atoms with Crippen LogP contribution in [0.5, 0.6) is 0 Å². The van der Waals surface area contributed by atoms with Crippen LogP contribution in [0, 0.1) is 6.92 Å². The van der Waals surface area contributed by atoms with Crippen molar-refractivity contribution in [3.05, 3.63) is 88.1 Å². The van der Waals surface area contributed by atoms with Gasteiger partial charge in [0.25, 0.3) is 15.9 Å². The fourth-order valence-electron chi connectivity index (χ4n) is 2.35. The van der Waals surface area contributed by atoms with Gasteiger partial charge in [-0.2, -0.15) is 0 Å². The van der Waals surface area contributed by atoms with Gasteiger partial charge in [0.15, 0.2) is 0 Å². The van der Waals surface area contributed by atoms with Gasteiger partial charge in [-0.05, 0) is 42.1 Å². The number of aryl methyl sites for hydroxylation is 1. The number of carbonyl (C=O) groups is 1. The third-order valence-electron chi connectivity index (χ3n) is 3.70. The van der Waals surface area contributed by atoms with Crippen molar-refractivity contribution in [3.8, 4) is 0 Å². The summed E-state index contributed by atoms with van der Waals surface area (Å²) in [5.74, 6) is -0.656. The molecule has 0 aliphatic carbocycles. The molecule has 0 radical (unpaired) electrons. The Morgan fingerprint density at radius 2 is 1.65 bits per heavy atom. The molecule has 1 heterocycles. The van der Waals surface area contributed by atoms with Crippen LogP contribution >= 0.6 is 11.3 Å². The summed E-state index contributed by atoms with van der Waals surface area (Å²) in [5, 5.41) is 1.84. The van der Waals surface area contributed by atoms with Gasteiger partial charge in [0.05, 0.1) is 10.5 Å². The highest BCUT2D eigenvalue weighted by Gasteiger charge is 2.21. The van der Waals surface area contributed by atoms with Gasteiger partial charge in [0.2, 0.25) is 0 Å². The normalized spacial score (nSPS) is 12.0. The first-order valence-corrected chi connectivity index (χ1v) is 10.3. The number of hydrogen-bond acceptors (Lipinski definition) is 4. The number of nitrogens with one attached hydrogen (secondary N) is 1. The van der Waals surface area contributed by atoms with E-state index in [4.69, 9.17) is 0 Å². The second kappa shape index (κ2) is 7.68. The Labute approximate surface area is 156 Å². The lowest BCUT2D eigenvalue weighted by molar-refractivity contribution is -0.113. The first-order chi connectivity index (χ1) is 12.5. The maximum absolute atomic E-state index is 12.7. The Bertz CT molecular complexity index is 1020. The Morgan fingerprint density at radius 1 is 0.962 bits per heavy atom. The monoisotopic (exact) mass is 383 g/mol. The molecule has 0 aliphatic rings. The molecule has 0 aliphatic heterocycles. The summed E-state index contributed by atoms with van der Waals surface area (Å²) in [6.45, 7) is 1.87. The first-order valence-electron chi connectivity index (χ1n) is 7.90. The smallest absolute Gasteiger partial charge is 0.266 e. The molecule has 1 amide bonds. The minimum Gasteiger partial charge on any atom is -0.268 e. The molecule has 2 aromatic carbocycles. The maximum Gasteiger partial charge on any atom is 0.266 e. The number of amides is 1. The number of hydrogen-bond donors (Lipinski definition) is 1. The molecule has 4 nitrogen and oxygen atoms in total. The van der Waals surface area contributed by atoms with Gasteiger partial charge in [-0.3, -0.25) is 4.79 Å². The summed E-state index contributed by atoms with van der Waals surface area (Å²) in [4.78, 5) is 13.5. The lowest BCUT2D eigenvalue weighted by Crippen LogP contribution is -2.31. The Morgan fingerprint density at radius 3 is 2.27 bits per heavy atom. The Kier molecular flexibility index (Phi) is 5.35. The largest absolute Gasteiger partial charge is 0.268 e. The van der Waals surface area contributed by atoms with E-state index in [9.17, 15) is 13.2 Å². The highest BCUT2D eigenvalue weighted by Crippen LogP contribution is 2.24. The van der Waals surface area contributed by atoms with E-state index in [0.717, 1.165) is 11.1 Å². The summed E-state index contributed by atoms with van der Waals surface area (Å²) in [7, 11) is -3.94. The van der Waals surface area contributed by atoms with Crippen molar-refractivity contribution in [2.24, 2.45) is 0 Å². The highest BCUT2D eigenvalue weighted by molar-refractivity contribution is 7.90. The molecule has 1 aromatic heterocycles. The van der Waals surface area contributed by atoms with E-state index < -0.39 is 15.9 Å². The number of sulfonamides is 1. The van der Waals surface area contributed by atoms with Crippen LogP contribution in [-0.4, -0.2) is 14.3 Å². The predicted molar refractivity (Wildman–Crippen MR) is 105 cm³/mol. The number of carbonyl (C=O) groups excluding carboxylic acids is 1. The van der Waals surface area contributed by atoms with Crippen molar-refractivity contribution < 1.29 is 13.2 Å². The van der Waals surface area contributed by atoms with Crippen molar-refractivity contribution in [3.63, 3.8) is 0 Å². The number of benzene rings is 2. The van der Waals surface area contributed by atoms with Crippen LogP contribution in [0.4, 0.5) is 0 Å². The molecule has 3 rings (SSSR count). The molecule has 6 heteroatoms. The van der Waals surface area contributed by atoms with Gasteiger partial charge in [-0.15, -0.1) is 11.3 Å². The molecule has 26 heavy (non-hydrogen) atoms. The summed E-state index contributed by atoms with van der Waals surface area (Å²) >= 11 is 1.38. The van der Waals surface area contributed by atoms with Gasteiger partial charge < -0.3 is 0 Å². The number of rotatable bonds is 5. The third-order valence-corrected chi connectivity index (χ3v) is 5.95. The zero-order valence-corrected chi connectivity index (χ0v) is 15.7. The van der Waals surface area contributed by atoms with Crippen molar-refractivity contribution >= 4 is 38.9 Å². The summed E-state index contributed by atoms with van der Waals surface area (Å²) in [5.41, 5.74) is 2.07. The fourth-order valence-corrected chi connectivity index (χ4v) is 4.06.